The smallest absolute Gasteiger partial charge is 0.309 e. The van der Waals surface area contributed by atoms with E-state index in [1.54, 1.807) is 0 Å². The average molecular weight is 246 g/mol. The zero-order chi connectivity index (χ0) is 13.1. The number of hydrogen-bond donors (Lipinski definition) is 0. The van der Waals surface area contributed by atoms with E-state index in [9.17, 15) is 19.2 Å². The minimum atomic E-state index is -0.787. The van der Waals surface area contributed by atoms with E-state index in [-0.39, 0.29) is 32.2 Å². The van der Waals surface area contributed by atoms with E-state index in [0.29, 0.717) is 6.29 Å². The van der Waals surface area contributed by atoms with Gasteiger partial charge in [-0.15, -0.1) is 0 Å². The van der Waals surface area contributed by atoms with E-state index < -0.39 is 18.2 Å². The second-order valence-corrected chi connectivity index (χ2v) is 3.13. The van der Waals surface area contributed by atoms with Crippen LogP contribution in [0.3, 0.4) is 0 Å². The SMILES string of the molecule is COC(=O)CC(CC(CC=O)OC=O)OC=O. The highest BCUT2D eigenvalue weighted by molar-refractivity contribution is 5.70. The molecule has 0 aliphatic rings. The zero-order valence-corrected chi connectivity index (χ0v) is 9.37. The molecule has 0 heterocycles. The first-order valence-electron chi connectivity index (χ1n) is 4.86. The summed E-state index contributed by atoms with van der Waals surface area (Å²) in [5.41, 5.74) is 0. The summed E-state index contributed by atoms with van der Waals surface area (Å²) in [5.74, 6) is -0.562. The molecule has 2 atom stereocenters. The minimum absolute atomic E-state index is 0.0291. The molecule has 0 aliphatic heterocycles. The Balaban J connectivity index is 4.35. The van der Waals surface area contributed by atoms with Crippen LogP contribution in [-0.2, 0) is 33.4 Å². The zero-order valence-electron chi connectivity index (χ0n) is 9.37. The Bertz CT molecular complexity index is 253. The van der Waals surface area contributed by atoms with Crippen molar-refractivity contribution >= 4 is 25.2 Å². The maximum Gasteiger partial charge on any atom is 0.309 e. The quantitative estimate of drug-likeness (QED) is 0.294. The van der Waals surface area contributed by atoms with Crippen LogP contribution in [0.5, 0.6) is 0 Å². The summed E-state index contributed by atoms with van der Waals surface area (Å²) in [4.78, 5) is 41.7. The number of hydrogen-bond acceptors (Lipinski definition) is 7. The fraction of sp³-hybridized carbons (Fsp3) is 0.600. The Hall–Kier alpha value is -1.92. The molecule has 0 saturated carbocycles. The molecule has 96 valence electrons. The molecular formula is C10H14O7. The van der Waals surface area contributed by atoms with Crippen molar-refractivity contribution in [1.29, 1.82) is 0 Å². The van der Waals surface area contributed by atoms with Gasteiger partial charge in [-0.25, -0.2) is 0 Å². The molecule has 0 bridgehead atoms. The van der Waals surface area contributed by atoms with Crippen LogP contribution in [0.15, 0.2) is 0 Å². The first-order valence-corrected chi connectivity index (χ1v) is 4.86. The molecule has 17 heavy (non-hydrogen) atoms. The first kappa shape index (κ1) is 15.1. The highest BCUT2D eigenvalue weighted by atomic mass is 16.5. The summed E-state index contributed by atoms with van der Waals surface area (Å²) in [6, 6.07) is 0. The van der Waals surface area contributed by atoms with E-state index >= 15 is 0 Å². The van der Waals surface area contributed by atoms with E-state index in [0.717, 1.165) is 0 Å². The van der Waals surface area contributed by atoms with Crippen molar-refractivity contribution in [3.63, 3.8) is 0 Å². The third kappa shape index (κ3) is 7.04. The van der Waals surface area contributed by atoms with Crippen molar-refractivity contribution in [3.05, 3.63) is 0 Å². The Morgan fingerprint density at radius 1 is 1.12 bits per heavy atom. The standard InChI is InChI=1S/C10H14O7/c1-15-10(14)5-9(17-7-13)4-8(2-3-11)16-6-12/h3,6-9H,2,4-5H2,1H3. The van der Waals surface area contributed by atoms with Gasteiger partial charge in [-0.05, 0) is 0 Å². The van der Waals surface area contributed by atoms with Gasteiger partial charge in [-0.3, -0.25) is 14.4 Å². The number of ether oxygens (including phenoxy) is 3. The molecule has 2 unspecified atom stereocenters. The second-order valence-electron chi connectivity index (χ2n) is 3.13. The lowest BCUT2D eigenvalue weighted by molar-refractivity contribution is -0.148. The van der Waals surface area contributed by atoms with Crippen LogP contribution in [-0.4, -0.2) is 44.5 Å². The van der Waals surface area contributed by atoms with E-state index in [2.05, 4.69) is 14.2 Å². The van der Waals surface area contributed by atoms with Crippen LogP contribution in [0.25, 0.3) is 0 Å². The predicted molar refractivity (Wildman–Crippen MR) is 53.8 cm³/mol. The number of esters is 1. The fourth-order valence-electron chi connectivity index (χ4n) is 1.22. The number of rotatable bonds is 10. The van der Waals surface area contributed by atoms with Gasteiger partial charge < -0.3 is 19.0 Å². The lowest BCUT2D eigenvalue weighted by Crippen LogP contribution is -2.26. The van der Waals surface area contributed by atoms with Gasteiger partial charge >= 0.3 is 5.97 Å². The summed E-state index contributed by atoms with van der Waals surface area (Å²) in [7, 11) is 1.20. The molecule has 7 heteroatoms. The highest BCUT2D eigenvalue weighted by Gasteiger charge is 2.21. The third-order valence-corrected chi connectivity index (χ3v) is 2.00. The van der Waals surface area contributed by atoms with Gasteiger partial charge in [0.2, 0.25) is 0 Å². The van der Waals surface area contributed by atoms with Gasteiger partial charge in [-0.1, -0.05) is 0 Å². The molecule has 7 nitrogen and oxygen atoms in total. The van der Waals surface area contributed by atoms with Crippen LogP contribution in [0, 0.1) is 0 Å². The van der Waals surface area contributed by atoms with Gasteiger partial charge in [0.25, 0.3) is 12.9 Å². The average Bonchev–Trinajstić information content (AvgIpc) is 2.29. The monoisotopic (exact) mass is 246 g/mol. The van der Waals surface area contributed by atoms with Gasteiger partial charge in [0, 0.05) is 12.8 Å². The topological polar surface area (TPSA) is 96.0 Å². The van der Waals surface area contributed by atoms with Crippen LogP contribution < -0.4 is 0 Å². The molecule has 0 saturated heterocycles. The summed E-state index contributed by atoms with van der Waals surface area (Å²) in [6.45, 7) is 0.386. The van der Waals surface area contributed by atoms with E-state index in [1.165, 1.54) is 7.11 Å². The molecule has 0 aromatic heterocycles. The van der Waals surface area contributed by atoms with Gasteiger partial charge in [0.15, 0.2) is 0 Å². The molecule has 0 aromatic rings. The Kier molecular flexibility index (Phi) is 8.26. The first-order chi connectivity index (χ1) is 8.17. The maximum absolute atomic E-state index is 11.0. The molecule has 0 amide bonds. The predicted octanol–water partition coefficient (Wildman–Crippen LogP) is -0.388. The molecule has 0 rings (SSSR count). The number of carbonyl (C=O) groups is 4. The summed E-state index contributed by atoms with van der Waals surface area (Å²) in [5, 5.41) is 0. The largest absolute Gasteiger partial charge is 0.469 e. The van der Waals surface area contributed by atoms with E-state index in [1.807, 2.05) is 0 Å². The minimum Gasteiger partial charge on any atom is -0.469 e. The normalized spacial score (nSPS) is 13.0. The van der Waals surface area contributed by atoms with Crippen molar-refractivity contribution in [3.8, 4) is 0 Å². The summed E-state index contributed by atoms with van der Waals surface area (Å²) >= 11 is 0. The Labute approximate surface area is 98.0 Å². The molecular weight excluding hydrogens is 232 g/mol. The van der Waals surface area contributed by atoms with Crippen molar-refractivity contribution in [2.24, 2.45) is 0 Å². The summed E-state index contributed by atoms with van der Waals surface area (Å²) < 4.78 is 13.7. The van der Waals surface area contributed by atoms with Gasteiger partial charge in [-0.2, -0.15) is 0 Å². The summed E-state index contributed by atoms with van der Waals surface area (Å²) in [6.07, 6.45) is -1.06. The molecule has 0 N–H and O–H groups in total. The fourth-order valence-corrected chi connectivity index (χ4v) is 1.22. The van der Waals surface area contributed by atoms with Crippen LogP contribution in [0.1, 0.15) is 19.3 Å². The second kappa shape index (κ2) is 9.32. The van der Waals surface area contributed by atoms with Crippen LogP contribution in [0.4, 0.5) is 0 Å². The molecule has 0 aliphatic carbocycles. The van der Waals surface area contributed by atoms with Gasteiger partial charge in [0.1, 0.15) is 18.5 Å². The lowest BCUT2D eigenvalue weighted by atomic mass is 10.1. The van der Waals surface area contributed by atoms with Crippen LogP contribution in [0.2, 0.25) is 0 Å². The molecule has 0 spiro atoms. The van der Waals surface area contributed by atoms with Crippen molar-refractivity contribution in [2.45, 2.75) is 31.5 Å². The molecule has 0 radical (unpaired) electrons. The van der Waals surface area contributed by atoms with Crippen LogP contribution >= 0.6 is 0 Å². The van der Waals surface area contributed by atoms with Crippen molar-refractivity contribution in [1.82, 2.24) is 0 Å². The number of aldehydes is 1. The maximum atomic E-state index is 11.0. The van der Waals surface area contributed by atoms with E-state index in [4.69, 9.17) is 0 Å². The number of methoxy groups -OCH3 is 1. The van der Waals surface area contributed by atoms with Gasteiger partial charge in [0.05, 0.1) is 13.5 Å². The number of carbonyl (C=O) groups excluding carboxylic acids is 4. The lowest BCUT2D eigenvalue weighted by Gasteiger charge is -2.18. The van der Waals surface area contributed by atoms with Crippen molar-refractivity contribution < 1.29 is 33.4 Å². The Morgan fingerprint density at radius 2 is 1.71 bits per heavy atom. The highest BCUT2D eigenvalue weighted by Crippen LogP contribution is 2.12. The molecule has 0 aromatic carbocycles. The Morgan fingerprint density at radius 3 is 2.18 bits per heavy atom. The third-order valence-electron chi connectivity index (χ3n) is 2.00. The molecule has 0 fully saturated rings. The van der Waals surface area contributed by atoms with Crippen molar-refractivity contribution in [2.75, 3.05) is 7.11 Å².